The zero-order chi connectivity index (χ0) is 23.8. The number of hydrogen-bond donors (Lipinski definition) is 3. The predicted molar refractivity (Wildman–Crippen MR) is 127 cm³/mol. The van der Waals surface area contributed by atoms with Crippen LogP contribution in [0.25, 0.3) is 11.1 Å². The first-order chi connectivity index (χ1) is 16.4. The molecule has 8 nitrogen and oxygen atoms in total. The fraction of sp³-hybridized carbons (Fsp3) is 0.417. The van der Waals surface area contributed by atoms with Crippen molar-refractivity contribution in [2.45, 2.75) is 51.6 Å². The first-order valence-electron chi connectivity index (χ1n) is 11.5. The van der Waals surface area contributed by atoms with Crippen molar-refractivity contribution < 1.29 is 9.18 Å². The van der Waals surface area contributed by atoms with E-state index < -0.39 is 17.9 Å². The number of amides is 2. The van der Waals surface area contributed by atoms with Crippen LogP contribution in [0.5, 0.6) is 0 Å². The van der Waals surface area contributed by atoms with Crippen LogP contribution in [0.4, 0.5) is 14.9 Å². The Balaban J connectivity index is 1.31. The summed E-state index contributed by atoms with van der Waals surface area (Å²) in [4.78, 5) is 24.4. The topological polar surface area (TPSA) is 105 Å². The standard InChI is InChI=1S/C24H26ClFN6O2/c1-13-2-5-20(23-15(6-13)7-22(33)30-31-23)28-24(34)29-21-9-18(25)17(8-19(21)26)16-10-27-32(12-16)11-14-3-4-14/h7-10,12-14,20H,2-6,11H2,1H3,(H,30,33)(H2,28,29,34)/t13-,20+/m0/s1. The molecule has 0 unspecified atom stereocenters. The van der Waals surface area contributed by atoms with Gasteiger partial charge in [0, 0.05) is 29.9 Å². The Morgan fingerprint density at radius 1 is 1.26 bits per heavy atom. The van der Waals surface area contributed by atoms with Gasteiger partial charge in [-0.25, -0.2) is 14.3 Å². The number of nitrogens with zero attached hydrogens (tertiary/aromatic N) is 3. The van der Waals surface area contributed by atoms with Crippen LogP contribution in [-0.4, -0.2) is 26.0 Å². The molecule has 2 aliphatic carbocycles. The summed E-state index contributed by atoms with van der Waals surface area (Å²) in [6.45, 7) is 2.95. The highest BCUT2D eigenvalue weighted by Gasteiger charge is 2.26. The Morgan fingerprint density at radius 3 is 2.88 bits per heavy atom. The Labute approximate surface area is 200 Å². The van der Waals surface area contributed by atoms with Gasteiger partial charge in [-0.2, -0.15) is 10.2 Å². The quantitative estimate of drug-likeness (QED) is 0.457. The van der Waals surface area contributed by atoms with Gasteiger partial charge in [0.15, 0.2) is 0 Å². The number of fused-ring (bicyclic) bond motifs is 1. The second-order valence-corrected chi connectivity index (χ2v) is 9.79. The molecule has 5 rings (SSSR count). The van der Waals surface area contributed by atoms with Crippen molar-refractivity contribution in [2.75, 3.05) is 5.32 Å². The number of rotatable bonds is 5. The number of aromatic nitrogens is 4. The number of anilines is 1. The lowest BCUT2D eigenvalue weighted by atomic mass is 10.0. The summed E-state index contributed by atoms with van der Waals surface area (Å²) in [5.41, 5.74) is 2.41. The number of benzene rings is 1. The number of carbonyl (C=O) groups is 1. The lowest BCUT2D eigenvalue weighted by Crippen LogP contribution is -2.34. The van der Waals surface area contributed by atoms with Gasteiger partial charge in [0.1, 0.15) is 5.82 Å². The maximum Gasteiger partial charge on any atom is 0.319 e. The summed E-state index contributed by atoms with van der Waals surface area (Å²) in [5, 5.41) is 16.7. The number of urea groups is 1. The maximum absolute atomic E-state index is 14.9. The first kappa shape index (κ1) is 22.6. The van der Waals surface area contributed by atoms with E-state index in [2.05, 4.69) is 32.9 Å². The van der Waals surface area contributed by atoms with E-state index >= 15 is 0 Å². The predicted octanol–water partition coefficient (Wildman–Crippen LogP) is 4.67. The molecule has 0 bridgehead atoms. The third-order valence-electron chi connectivity index (χ3n) is 6.46. The number of hydrogen-bond acceptors (Lipinski definition) is 4. The van der Waals surface area contributed by atoms with Crippen molar-refractivity contribution in [3.63, 3.8) is 0 Å². The normalized spacial score (nSPS) is 19.9. The highest BCUT2D eigenvalue weighted by atomic mass is 35.5. The van der Waals surface area contributed by atoms with E-state index in [1.807, 2.05) is 10.9 Å². The molecule has 3 aromatic rings. The third-order valence-corrected chi connectivity index (χ3v) is 6.78. The van der Waals surface area contributed by atoms with E-state index in [-0.39, 0.29) is 11.2 Å². The van der Waals surface area contributed by atoms with Gasteiger partial charge in [0.25, 0.3) is 5.56 Å². The van der Waals surface area contributed by atoms with E-state index in [0.29, 0.717) is 34.5 Å². The van der Waals surface area contributed by atoms with Crippen molar-refractivity contribution in [1.82, 2.24) is 25.3 Å². The monoisotopic (exact) mass is 484 g/mol. The van der Waals surface area contributed by atoms with Crippen LogP contribution in [0.2, 0.25) is 5.02 Å². The second-order valence-electron chi connectivity index (χ2n) is 9.39. The lowest BCUT2D eigenvalue weighted by Gasteiger charge is -2.18. The molecule has 1 saturated carbocycles. The van der Waals surface area contributed by atoms with Crippen LogP contribution >= 0.6 is 11.6 Å². The Hall–Kier alpha value is -3.20. The number of aromatic amines is 1. The smallest absolute Gasteiger partial charge is 0.319 e. The van der Waals surface area contributed by atoms with Crippen molar-refractivity contribution in [3.8, 4) is 11.1 Å². The van der Waals surface area contributed by atoms with E-state index in [1.165, 1.54) is 31.0 Å². The van der Waals surface area contributed by atoms with E-state index in [4.69, 9.17) is 11.6 Å². The van der Waals surface area contributed by atoms with Gasteiger partial charge in [-0.1, -0.05) is 18.5 Å². The molecule has 178 valence electrons. The average Bonchev–Trinajstić information content (AvgIpc) is 3.51. The zero-order valence-corrected chi connectivity index (χ0v) is 19.5. The molecule has 0 spiro atoms. The van der Waals surface area contributed by atoms with Gasteiger partial charge >= 0.3 is 6.03 Å². The number of nitrogens with one attached hydrogen (secondary N) is 3. The molecule has 0 radical (unpaired) electrons. The number of carbonyl (C=O) groups excluding carboxylic acids is 1. The number of halogens is 2. The SMILES string of the molecule is C[C@H]1CC[C@@H](NC(=O)Nc2cc(Cl)c(-c3cnn(CC4CC4)c3)cc2F)c2n[nH]c(=O)cc2C1. The largest absolute Gasteiger partial charge is 0.329 e. The third kappa shape index (κ3) is 4.99. The Bertz CT molecular complexity index is 1280. The molecule has 2 amide bonds. The molecular formula is C24H26ClFN6O2. The summed E-state index contributed by atoms with van der Waals surface area (Å²) < 4.78 is 16.8. The molecule has 10 heteroatoms. The van der Waals surface area contributed by atoms with E-state index in [0.717, 1.165) is 30.5 Å². The molecule has 2 atom stereocenters. The van der Waals surface area contributed by atoms with Gasteiger partial charge in [-0.3, -0.25) is 9.48 Å². The minimum absolute atomic E-state index is 0.0201. The van der Waals surface area contributed by atoms with E-state index in [9.17, 15) is 14.0 Å². The molecule has 34 heavy (non-hydrogen) atoms. The van der Waals surface area contributed by atoms with Crippen LogP contribution in [0.3, 0.4) is 0 Å². The van der Waals surface area contributed by atoms with Gasteiger partial charge in [-0.05, 0) is 61.6 Å². The molecule has 2 aliphatic rings. The van der Waals surface area contributed by atoms with E-state index in [1.54, 1.807) is 6.20 Å². The van der Waals surface area contributed by atoms with Gasteiger partial charge in [0.2, 0.25) is 0 Å². The van der Waals surface area contributed by atoms with Crippen molar-refractivity contribution >= 4 is 23.3 Å². The zero-order valence-electron chi connectivity index (χ0n) is 18.8. The summed E-state index contributed by atoms with van der Waals surface area (Å²) in [6.07, 6.45) is 8.20. The van der Waals surface area contributed by atoms with Crippen LogP contribution in [-0.2, 0) is 13.0 Å². The van der Waals surface area contributed by atoms with Crippen molar-refractivity contribution in [2.24, 2.45) is 11.8 Å². The summed E-state index contributed by atoms with van der Waals surface area (Å²) in [5.74, 6) is 0.431. The van der Waals surface area contributed by atoms with Crippen LogP contribution in [0, 0.1) is 17.7 Å². The Kier molecular flexibility index (Phi) is 6.12. The van der Waals surface area contributed by atoms with Crippen molar-refractivity contribution in [1.29, 1.82) is 0 Å². The van der Waals surface area contributed by atoms with Gasteiger partial charge < -0.3 is 10.6 Å². The summed E-state index contributed by atoms with van der Waals surface area (Å²) in [7, 11) is 0. The average molecular weight is 485 g/mol. The minimum atomic E-state index is -0.596. The fourth-order valence-electron chi connectivity index (χ4n) is 4.47. The molecule has 0 aliphatic heterocycles. The van der Waals surface area contributed by atoms with Crippen LogP contribution in [0.15, 0.2) is 35.4 Å². The van der Waals surface area contributed by atoms with Crippen LogP contribution in [0.1, 0.15) is 49.9 Å². The lowest BCUT2D eigenvalue weighted by molar-refractivity contribution is 0.247. The molecule has 3 N–H and O–H groups in total. The van der Waals surface area contributed by atoms with Gasteiger partial charge in [0.05, 0.1) is 28.6 Å². The summed E-state index contributed by atoms with van der Waals surface area (Å²) >= 11 is 6.44. The molecule has 1 fully saturated rings. The van der Waals surface area contributed by atoms with Crippen LogP contribution < -0.4 is 16.2 Å². The second kappa shape index (κ2) is 9.21. The molecule has 2 heterocycles. The Morgan fingerprint density at radius 2 is 2.09 bits per heavy atom. The molecule has 2 aromatic heterocycles. The highest BCUT2D eigenvalue weighted by molar-refractivity contribution is 6.33. The highest BCUT2D eigenvalue weighted by Crippen LogP contribution is 2.34. The molecular weight excluding hydrogens is 459 g/mol. The van der Waals surface area contributed by atoms with Gasteiger partial charge in [-0.15, -0.1) is 0 Å². The maximum atomic E-state index is 14.9. The summed E-state index contributed by atoms with van der Waals surface area (Å²) in [6, 6.07) is 3.28. The number of H-pyrrole nitrogens is 1. The molecule has 1 aromatic carbocycles. The molecule has 0 saturated heterocycles. The minimum Gasteiger partial charge on any atom is -0.329 e. The first-order valence-corrected chi connectivity index (χ1v) is 11.9. The fourth-order valence-corrected chi connectivity index (χ4v) is 4.74. The van der Waals surface area contributed by atoms with Crippen molar-refractivity contribution in [3.05, 3.63) is 63.0 Å².